The second kappa shape index (κ2) is 7.20. The Morgan fingerprint density at radius 3 is 2.00 bits per heavy atom. The maximum Gasteiger partial charge on any atom is 0.163 e. The molecule has 1 aliphatic heterocycles. The molecule has 0 saturated carbocycles. The summed E-state index contributed by atoms with van der Waals surface area (Å²) in [4.78, 5) is 0. The third-order valence-corrected chi connectivity index (χ3v) is 1.95. The van der Waals surface area contributed by atoms with Gasteiger partial charge in [0.15, 0.2) is 6.30 Å². The average molecular weight is 190 g/mol. The molecule has 1 aliphatic rings. The van der Waals surface area contributed by atoms with E-state index in [1.165, 1.54) is 0 Å². The van der Waals surface area contributed by atoms with Gasteiger partial charge in [-0.15, -0.1) is 0 Å². The van der Waals surface area contributed by atoms with Crippen LogP contribution in [0.4, 0.5) is 4.39 Å². The lowest BCUT2D eigenvalue weighted by Gasteiger charge is -2.14. The van der Waals surface area contributed by atoms with Gasteiger partial charge < -0.3 is 16.0 Å². The number of rotatable bonds is 0. The van der Waals surface area contributed by atoms with E-state index in [-0.39, 0.29) is 0 Å². The van der Waals surface area contributed by atoms with Gasteiger partial charge >= 0.3 is 0 Å². The van der Waals surface area contributed by atoms with Crippen LogP contribution in [0.15, 0.2) is 0 Å². The van der Waals surface area contributed by atoms with Crippen molar-refractivity contribution in [2.45, 2.75) is 6.30 Å². The van der Waals surface area contributed by atoms with Crippen LogP contribution < -0.4 is 21.3 Å². The van der Waals surface area contributed by atoms with Crippen LogP contribution in [0, 0.1) is 0 Å². The number of nitrogens with one attached hydrogen (secondary N) is 4. The van der Waals surface area contributed by atoms with Crippen LogP contribution in [0.5, 0.6) is 0 Å². The molecule has 4 nitrogen and oxygen atoms in total. The standard InChI is InChI=1S/C8H19FN4/c9-8-7-12-4-3-10-1-2-11-5-6-13-8/h8,10-13H,1-7H2. The molecule has 1 heterocycles. The minimum Gasteiger partial charge on any atom is -0.314 e. The molecule has 0 aromatic rings. The summed E-state index contributed by atoms with van der Waals surface area (Å²) in [6, 6.07) is 0. The van der Waals surface area contributed by atoms with Gasteiger partial charge in [-0.1, -0.05) is 0 Å². The second-order valence-corrected chi connectivity index (χ2v) is 3.13. The molecular weight excluding hydrogens is 171 g/mol. The first-order chi connectivity index (χ1) is 6.39. The van der Waals surface area contributed by atoms with Crippen molar-refractivity contribution in [1.29, 1.82) is 0 Å². The molecule has 0 aromatic carbocycles. The van der Waals surface area contributed by atoms with Crippen molar-refractivity contribution in [2.75, 3.05) is 45.8 Å². The highest BCUT2D eigenvalue weighted by molar-refractivity contribution is 4.63. The number of halogens is 1. The van der Waals surface area contributed by atoms with E-state index >= 15 is 0 Å². The summed E-state index contributed by atoms with van der Waals surface area (Å²) in [6.45, 7) is 5.53. The molecule has 1 atom stereocenters. The van der Waals surface area contributed by atoms with Crippen molar-refractivity contribution in [3.05, 3.63) is 0 Å². The lowest BCUT2D eigenvalue weighted by Crippen LogP contribution is -2.43. The monoisotopic (exact) mass is 190 g/mol. The summed E-state index contributed by atoms with van der Waals surface area (Å²) in [5.41, 5.74) is 0. The minimum atomic E-state index is -0.929. The zero-order valence-electron chi connectivity index (χ0n) is 7.91. The Hall–Kier alpha value is -0.230. The molecule has 0 radical (unpaired) electrons. The Balaban J connectivity index is 2.11. The van der Waals surface area contributed by atoms with Crippen molar-refractivity contribution in [3.63, 3.8) is 0 Å². The van der Waals surface area contributed by atoms with Gasteiger partial charge in [0.1, 0.15) is 0 Å². The quantitative estimate of drug-likeness (QED) is 0.357. The topological polar surface area (TPSA) is 48.1 Å². The Morgan fingerprint density at radius 2 is 1.31 bits per heavy atom. The minimum absolute atomic E-state index is 0.391. The molecule has 0 aromatic heterocycles. The van der Waals surface area contributed by atoms with E-state index in [2.05, 4.69) is 21.3 Å². The lowest BCUT2D eigenvalue weighted by atomic mass is 10.4. The predicted molar refractivity (Wildman–Crippen MR) is 51.5 cm³/mol. The summed E-state index contributed by atoms with van der Waals surface area (Å²) in [5, 5.41) is 12.3. The Labute approximate surface area is 78.7 Å². The summed E-state index contributed by atoms with van der Waals surface area (Å²) in [5.74, 6) is 0. The maximum absolute atomic E-state index is 12.9. The fourth-order valence-electron chi connectivity index (χ4n) is 1.22. The van der Waals surface area contributed by atoms with Crippen molar-refractivity contribution in [3.8, 4) is 0 Å². The zero-order chi connectivity index (χ0) is 9.36. The van der Waals surface area contributed by atoms with Crippen molar-refractivity contribution >= 4 is 0 Å². The summed E-state index contributed by atoms with van der Waals surface area (Å²) in [6.07, 6.45) is -0.929. The van der Waals surface area contributed by atoms with Crippen molar-refractivity contribution < 1.29 is 4.39 Å². The van der Waals surface area contributed by atoms with Crippen LogP contribution in [-0.4, -0.2) is 52.1 Å². The van der Waals surface area contributed by atoms with Crippen molar-refractivity contribution in [1.82, 2.24) is 21.3 Å². The normalized spacial score (nSPS) is 28.8. The highest BCUT2D eigenvalue weighted by Gasteiger charge is 2.03. The SMILES string of the molecule is FC1CNCCNCCNCCN1. The van der Waals surface area contributed by atoms with E-state index in [0.717, 1.165) is 32.7 Å². The molecule has 0 bridgehead atoms. The highest BCUT2D eigenvalue weighted by Crippen LogP contribution is 1.81. The molecule has 1 fully saturated rings. The molecule has 1 rings (SSSR count). The zero-order valence-corrected chi connectivity index (χ0v) is 7.91. The molecule has 0 aliphatic carbocycles. The first-order valence-corrected chi connectivity index (χ1v) is 4.89. The van der Waals surface area contributed by atoms with Gasteiger partial charge in [0.2, 0.25) is 0 Å². The Bertz CT molecular complexity index is 111. The third kappa shape index (κ3) is 5.93. The number of hydrogen-bond acceptors (Lipinski definition) is 4. The third-order valence-electron chi connectivity index (χ3n) is 1.95. The maximum atomic E-state index is 12.9. The summed E-state index contributed by atoms with van der Waals surface area (Å²) >= 11 is 0. The Morgan fingerprint density at radius 1 is 0.769 bits per heavy atom. The molecule has 4 N–H and O–H groups in total. The van der Waals surface area contributed by atoms with Crippen LogP contribution >= 0.6 is 0 Å². The fraction of sp³-hybridized carbons (Fsp3) is 1.00. The molecule has 13 heavy (non-hydrogen) atoms. The van der Waals surface area contributed by atoms with Gasteiger partial charge in [-0.3, -0.25) is 5.32 Å². The Kier molecular flexibility index (Phi) is 6.01. The van der Waals surface area contributed by atoms with Crippen LogP contribution in [0.2, 0.25) is 0 Å². The largest absolute Gasteiger partial charge is 0.314 e. The van der Waals surface area contributed by atoms with E-state index in [0.29, 0.717) is 13.1 Å². The van der Waals surface area contributed by atoms with Crippen LogP contribution in [0.3, 0.4) is 0 Å². The molecule has 1 saturated heterocycles. The van der Waals surface area contributed by atoms with Gasteiger partial charge in [-0.25, -0.2) is 4.39 Å². The average Bonchev–Trinajstić information content (AvgIpc) is 2.11. The lowest BCUT2D eigenvalue weighted by molar-refractivity contribution is 0.263. The molecule has 78 valence electrons. The van der Waals surface area contributed by atoms with E-state index < -0.39 is 6.30 Å². The first kappa shape index (κ1) is 10.8. The van der Waals surface area contributed by atoms with E-state index in [9.17, 15) is 4.39 Å². The van der Waals surface area contributed by atoms with E-state index in [4.69, 9.17) is 0 Å². The first-order valence-electron chi connectivity index (χ1n) is 4.89. The van der Waals surface area contributed by atoms with Gasteiger partial charge in [0, 0.05) is 45.8 Å². The molecule has 5 heteroatoms. The van der Waals surface area contributed by atoms with E-state index in [1.54, 1.807) is 0 Å². The summed E-state index contributed by atoms with van der Waals surface area (Å²) < 4.78 is 12.9. The molecular formula is C8H19FN4. The molecule has 0 spiro atoms. The molecule has 0 amide bonds. The summed E-state index contributed by atoms with van der Waals surface area (Å²) in [7, 11) is 0. The van der Waals surface area contributed by atoms with Gasteiger partial charge in [0.25, 0.3) is 0 Å². The number of alkyl halides is 1. The highest BCUT2D eigenvalue weighted by atomic mass is 19.1. The fourth-order valence-corrected chi connectivity index (χ4v) is 1.22. The van der Waals surface area contributed by atoms with Gasteiger partial charge in [-0.05, 0) is 0 Å². The van der Waals surface area contributed by atoms with Gasteiger partial charge in [0.05, 0.1) is 0 Å². The second-order valence-electron chi connectivity index (χ2n) is 3.13. The van der Waals surface area contributed by atoms with Crippen LogP contribution in [-0.2, 0) is 0 Å². The van der Waals surface area contributed by atoms with Crippen LogP contribution in [0.25, 0.3) is 0 Å². The molecule has 1 unspecified atom stereocenters. The van der Waals surface area contributed by atoms with E-state index in [1.807, 2.05) is 0 Å². The smallest absolute Gasteiger partial charge is 0.163 e. The van der Waals surface area contributed by atoms with Crippen molar-refractivity contribution in [2.24, 2.45) is 0 Å². The predicted octanol–water partition coefficient (Wildman–Crippen LogP) is -1.35. The van der Waals surface area contributed by atoms with Crippen LogP contribution in [0.1, 0.15) is 0 Å². The number of hydrogen-bond donors (Lipinski definition) is 4. The van der Waals surface area contributed by atoms with Gasteiger partial charge in [-0.2, -0.15) is 0 Å².